The summed E-state index contributed by atoms with van der Waals surface area (Å²) in [5.74, 6) is -0.515. The maximum atomic E-state index is 12.8. The summed E-state index contributed by atoms with van der Waals surface area (Å²) in [6.45, 7) is 0.650. The molecule has 88 valence electrons. The monoisotopic (exact) mass is 237 g/mol. The van der Waals surface area contributed by atoms with Crippen molar-refractivity contribution in [1.82, 2.24) is 14.9 Å². The zero-order chi connectivity index (χ0) is 12.0. The van der Waals surface area contributed by atoms with Crippen LogP contribution in [0.1, 0.15) is 22.6 Å². The molecule has 6 heteroatoms. The molecule has 0 fully saturated rings. The van der Waals surface area contributed by atoms with Crippen LogP contribution in [0.4, 0.5) is 8.78 Å². The molecule has 2 heterocycles. The molecule has 17 heavy (non-hydrogen) atoms. The quantitative estimate of drug-likeness (QED) is 0.820. The molecule has 0 saturated carbocycles. The highest BCUT2D eigenvalue weighted by Gasteiger charge is 2.24. The fourth-order valence-corrected chi connectivity index (χ4v) is 2.16. The Labute approximate surface area is 95.2 Å². The van der Waals surface area contributed by atoms with E-state index in [1.807, 2.05) is 0 Å². The summed E-state index contributed by atoms with van der Waals surface area (Å²) in [7, 11) is 0. The molecule has 0 radical (unpaired) electrons. The average molecular weight is 237 g/mol. The van der Waals surface area contributed by atoms with E-state index in [9.17, 15) is 13.6 Å². The summed E-state index contributed by atoms with van der Waals surface area (Å²) in [5, 5.41) is 2.67. The Morgan fingerprint density at radius 3 is 3.00 bits per heavy atom. The fourth-order valence-electron chi connectivity index (χ4n) is 2.16. The number of nitrogens with zero attached hydrogens (tertiary/aromatic N) is 2. The van der Waals surface area contributed by atoms with Crippen molar-refractivity contribution in [3.63, 3.8) is 0 Å². The van der Waals surface area contributed by atoms with Crippen molar-refractivity contribution in [3.05, 3.63) is 29.6 Å². The van der Waals surface area contributed by atoms with Gasteiger partial charge >= 0.3 is 0 Å². The number of rotatable bonds is 1. The highest BCUT2D eigenvalue weighted by Crippen LogP contribution is 2.27. The number of nitrogens with one attached hydrogen (secondary N) is 1. The minimum atomic E-state index is -2.64. The van der Waals surface area contributed by atoms with Gasteiger partial charge in [-0.05, 0) is 12.1 Å². The number of aromatic nitrogens is 2. The van der Waals surface area contributed by atoms with Crippen LogP contribution < -0.4 is 5.32 Å². The number of halogens is 2. The van der Waals surface area contributed by atoms with E-state index in [0.717, 1.165) is 0 Å². The van der Waals surface area contributed by atoms with Gasteiger partial charge in [0.15, 0.2) is 5.82 Å². The Morgan fingerprint density at radius 1 is 1.41 bits per heavy atom. The molecule has 0 saturated heterocycles. The van der Waals surface area contributed by atoms with Gasteiger partial charge in [-0.3, -0.25) is 4.79 Å². The van der Waals surface area contributed by atoms with Crippen molar-refractivity contribution in [1.29, 1.82) is 0 Å². The lowest BCUT2D eigenvalue weighted by Crippen LogP contribution is -2.24. The molecule has 1 aliphatic rings. The molecule has 1 aromatic carbocycles. The number of carbonyl (C=O) groups is 1. The molecule has 0 spiro atoms. The highest BCUT2D eigenvalue weighted by atomic mass is 19.3. The maximum absolute atomic E-state index is 12.8. The van der Waals surface area contributed by atoms with E-state index in [4.69, 9.17) is 0 Å². The second kappa shape index (κ2) is 3.51. The van der Waals surface area contributed by atoms with Gasteiger partial charge in [-0.15, -0.1) is 0 Å². The molecule has 1 amide bonds. The van der Waals surface area contributed by atoms with Crippen LogP contribution in [0.3, 0.4) is 0 Å². The van der Waals surface area contributed by atoms with Crippen LogP contribution in [0.2, 0.25) is 0 Å². The van der Waals surface area contributed by atoms with Crippen LogP contribution in [0, 0.1) is 0 Å². The minimum absolute atomic E-state index is 0.241. The third kappa shape index (κ3) is 1.40. The largest absolute Gasteiger partial charge is 0.350 e. The van der Waals surface area contributed by atoms with Gasteiger partial charge in [-0.1, -0.05) is 6.07 Å². The van der Waals surface area contributed by atoms with E-state index in [1.165, 1.54) is 4.57 Å². The second-order valence-electron chi connectivity index (χ2n) is 3.85. The average Bonchev–Trinajstić information content (AvgIpc) is 2.59. The summed E-state index contributed by atoms with van der Waals surface area (Å²) in [6, 6.07) is 4.91. The van der Waals surface area contributed by atoms with Gasteiger partial charge in [-0.25, -0.2) is 13.8 Å². The molecular formula is C11H9F2N3O. The molecule has 0 aliphatic carbocycles. The first-order valence-corrected chi connectivity index (χ1v) is 5.24. The summed E-state index contributed by atoms with van der Waals surface area (Å²) in [6.07, 6.45) is -2.64. The summed E-state index contributed by atoms with van der Waals surface area (Å²) in [4.78, 5) is 15.6. The zero-order valence-corrected chi connectivity index (χ0v) is 8.78. The second-order valence-corrected chi connectivity index (χ2v) is 3.85. The van der Waals surface area contributed by atoms with E-state index in [2.05, 4.69) is 10.3 Å². The lowest BCUT2D eigenvalue weighted by molar-refractivity contribution is 0.0956. The minimum Gasteiger partial charge on any atom is -0.350 e. The number of hydrogen-bond donors (Lipinski definition) is 1. The van der Waals surface area contributed by atoms with Crippen molar-refractivity contribution in [2.45, 2.75) is 13.0 Å². The lowest BCUT2D eigenvalue weighted by atomic mass is 10.2. The number of carbonyl (C=O) groups excluding carboxylic acids is 1. The van der Waals surface area contributed by atoms with Crippen LogP contribution in [-0.2, 0) is 6.54 Å². The van der Waals surface area contributed by atoms with E-state index in [0.29, 0.717) is 29.7 Å². The SMILES string of the molecule is O=C1NCCn2c(C(F)F)nc3cccc1c32. The van der Waals surface area contributed by atoms with Crippen LogP contribution in [0.5, 0.6) is 0 Å². The standard InChI is InChI=1S/C11H9F2N3O/c12-9(13)10-15-7-3-1-2-6-8(7)16(10)5-4-14-11(6)17/h1-3,9H,4-5H2,(H,14,17). The Kier molecular flexibility index (Phi) is 2.10. The molecule has 0 bridgehead atoms. The van der Waals surface area contributed by atoms with Gasteiger partial charge in [0, 0.05) is 13.1 Å². The smallest absolute Gasteiger partial charge is 0.295 e. The molecule has 3 rings (SSSR count). The predicted octanol–water partition coefficient (Wildman–Crippen LogP) is 1.72. The van der Waals surface area contributed by atoms with Gasteiger partial charge in [0.2, 0.25) is 0 Å². The lowest BCUT2D eigenvalue weighted by Gasteiger charge is -2.05. The summed E-state index contributed by atoms with van der Waals surface area (Å²) >= 11 is 0. The first-order valence-electron chi connectivity index (χ1n) is 5.24. The Hall–Kier alpha value is -1.98. The molecular weight excluding hydrogens is 228 g/mol. The van der Waals surface area contributed by atoms with Crippen molar-refractivity contribution in [3.8, 4) is 0 Å². The molecule has 4 nitrogen and oxygen atoms in total. The number of hydrogen-bond acceptors (Lipinski definition) is 2. The van der Waals surface area contributed by atoms with Gasteiger partial charge in [0.05, 0.1) is 16.6 Å². The molecule has 0 atom stereocenters. The van der Waals surface area contributed by atoms with Gasteiger partial charge in [0.25, 0.3) is 12.3 Å². The van der Waals surface area contributed by atoms with Gasteiger partial charge in [0.1, 0.15) is 0 Å². The first kappa shape index (κ1) is 10.2. The van der Waals surface area contributed by atoms with Gasteiger partial charge in [-0.2, -0.15) is 0 Å². The highest BCUT2D eigenvalue weighted by molar-refractivity contribution is 6.05. The van der Waals surface area contributed by atoms with Crippen molar-refractivity contribution in [2.75, 3.05) is 6.54 Å². The predicted molar refractivity (Wildman–Crippen MR) is 57.0 cm³/mol. The number of amides is 1. The number of imidazole rings is 1. The van der Waals surface area contributed by atoms with Crippen LogP contribution in [0.15, 0.2) is 18.2 Å². The zero-order valence-electron chi connectivity index (χ0n) is 8.78. The molecule has 0 unspecified atom stereocenters. The summed E-state index contributed by atoms with van der Waals surface area (Å²) < 4.78 is 27.1. The van der Waals surface area contributed by atoms with E-state index >= 15 is 0 Å². The van der Waals surface area contributed by atoms with Crippen molar-refractivity contribution >= 4 is 16.9 Å². The van der Waals surface area contributed by atoms with Crippen molar-refractivity contribution < 1.29 is 13.6 Å². The molecule has 2 aromatic rings. The molecule has 1 aromatic heterocycles. The Morgan fingerprint density at radius 2 is 2.24 bits per heavy atom. The number of para-hydroxylation sites is 1. The van der Waals surface area contributed by atoms with Gasteiger partial charge < -0.3 is 9.88 Å². The van der Waals surface area contributed by atoms with Crippen LogP contribution in [-0.4, -0.2) is 22.0 Å². The Balaban J connectivity index is 2.39. The fraction of sp³-hybridized carbons (Fsp3) is 0.273. The molecule has 1 aliphatic heterocycles. The van der Waals surface area contributed by atoms with E-state index in [1.54, 1.807) is 18.2 Å². The number of benzene rings is 1. The summed E-state index contributed by atoms with van der Waals surface area (Å²) in [5.41, 5.74) is 1.34. The van der Waals surface area contributed by atoms with E-state index in [-0.39, 0.29) is 11.7 Å². The number of alkyl halides is 2. The van der Waals surface area contributed by atoms with Crippen LogP contribution in [0.25, 0.3) is 11.0 Å². The topological polar surface area (TPSA) is 46.9 Å². The van der Waals surface area contributed by atoms with E-state index < -0.39 is 6.43 Å². The Bertz CT molecular complexity index is 606. The first-order chi connectivity index (χ1) is 8.18. The molecule has 1 N–H and O–H groups in total. The van der Waals surface area contributed by atoms with Crippen molar-refractivity contribution in [2.24, 2.45) is 0 Å². The van der Waals surface area contributed by atoms with Crippen LogP contribution >= 0.6 is 0 Å². The maximum Gasteiger partial charge on any atom is 0.295 e. The third-order valence-electron chi connectivity index (χ3n) is 2.86. The normalized spacial score (nSPS) is 15.1. The third-order valence-corrected chi connectivity index (χ3v) is 2.86.